The van der Waals surface area contributed by atoms with Crippen molar-refractivity contribution >= 4 is 23.4 Å². The van der Waals surface area contributed by atoms with E-state index in [-0.39, 0.29) is 12.5 Å². The van der Waals surface area contributed by atoms with Gasteiger partial charge in [0.2, 0.25) is 0 Å². The number of hydrogen-bond donors (Lipinski definition) is 1. The zero-order valence-corrected chi connectivity index (χ0v) is 21.8. The summed E-state index contributed by atoms with van der Waals surface area (Å²) in [6.07, 6.45) is 0. The second-order valence-electron chi connectivity index (χ2n) is 8.57. The van der Waals surface area contributed by atoms with E-state index in [9.17, 15) is 4.79 Å². The van der Waals surface area contributed by atoms with Gasteiger partial charge >= 0.3 is 0 Å². The van der Waals surface area contributed by atoms with E-state index in [1.807, 2.05) is 103 Å². The second-order valence-corrected chi connectivity index (χ2v) is 9.69. The molecule has 1 amide bonds. The third kappa shape index (κ3) is 6.25. The number of para-hydroxylation sites is 1. The number of hydrogen-bond acceptors (Lipinski definition) is 4. The molecule has 0 fully saturated rings. The van der Waals surface area contributed by atoms with Crippen LogP contribution in [0.4, 0.5) is 5.69 Å². The van der Waals surface area contributed by atoms with Crippen LogP contribution in [0.25, 0.3) is 11.1 Å². The number of nitrogens with one attached hydrogen (secondary N) is 1. The van der Waals surface area contributed by atoms with Crippen LogP contribution in [0, 0.1) is 0 Å². The van der Waals surface area contributed by atoms with Gasteiger partial charge in [-0.25, -0.2) is 0 Å². The lowest BCUT2D eigenvalue weighted by atomic mass is 10.1. The van der Waals surface area contributed by atoms with Crippen LogP contribution >= 0.6 is 11.8 Å². The number of ether oxygens (including phenoxy) is 2. The lowest BCUT2D eigenvalue weighted by molar-refractivity contribution is 0.102. The zero-order valence-electron chi connectivity index (χ0n) is 21.0. The highest BCUT2D eigenvalue weighted by molar-refractivity contribution is 7.99. The van der Waals surface area contributed by atoms with E-state index >= 15 is 0 Å². The van der Waals surface area contributed by atoms with Crippen LogP contribution in [-0.2, 0) is 6.61 Å². The molecule has 0 aliphatic heterocycles. The summed E-state index contributed by atoms with van der Waals surface area (Å²) in [6.45, 7) is 0.273. The lowest BCUT2D eigenvalue weighted by Crippen LogP contribution is -2.13. The second kappa shape index (κ2) is 12.2. The van der Waals surface area contributed by atoms with Gasteiger partial charge in [0.05, 0.1) is 12.8 Å². The van der Waals surface area contributed by atoms with Gasteiger partial charge < -0.3 is 14.8 Å². The van der Waals surface area contributed by atoms with Gasteiger partial charge in [0, 0.05) is 20.9 Å². The van der Waals surface area contributed by atoms with Crippen molar-refractivity contribution in [1.82, 2.24) is 0 Å². The third-order valence-corrected chi connectivity index (χ3v) is 7.09. The van der Waals surface area contributed by atoms with E-state index in [0.29, 0.717) is 11.3 Å². The molecular formula is C33H27NO3S. The van der Waals surface area contributed by atoms with Crippen LogP contribution < -0.4 is 14.8 Å². The first-order valence-electron chi connectivity index (χ1n) is 12.3. The van der Waals surface area contributed by atoms with Crippen LogP contribution in [0.1, 0.15) is 15.9 Å². The number of rotatable bonds is 9. The van der Waals surface area contributed by atoms with Gasteiger partial charge in [-0.15, -0.1) is 0 Å². The van der Waals surface area contributed by atoms with Crippen molar-refractivity contribution in [2.24, 2.45) is 0 Å². The van der Waals surface area contributed by atoms with Crippen molar-refractivity contribution in [1.29, 1.82) is 0 Å². The lowest BCUT2D eigenvalue weighted by Gasteiger charge is -2.14. The quantitative estimate of drug-likeness (QED) is 0.213. The van der Waals surface area contributed by atoms with E-state index in [1.54, 1.807) is 31.0 Å². The van der Waals surface area contributed by atoms with Gasteiger partial charge in [0.25, 0.3) is 5.91 Å². The van der Waals surface area contributed by atoms with Gasteiger partial charge in [-0.3, -0.25) is 4.79 Å². The van der Waals surface area contributed by atoms with Gasteiger partial charge in [-0.2, -0.15) is 0 Å². The summed E-state index contributed by atoms with van der Waals surface area (Å²) < 4.78 is 11.6. The molecule has 0 aliphatic carbocycles. The summed E-state index contributed by atoms with van der Waals surface area (Å²) >= 11 is 1.61. The standard InChI is InChI=1S/C33H27NO3S/c1-36-31-21-18-26(33(35)34-30-14-8-9-15-32(30)38-29-12-6-3-7-13-29)22-27(31)23-37-28-19-16-25(17-20-28)24-10-4-2-5-11-24/h2-22H,23H2,1H3,(H,34,35). The average molecular weight is 518 g/mol. The highest BCUT2D eigenvalue weighted by Gasteiger charge is 2.14. The summed E-state index contributed by atoms with van der Waals surface area (Å²) in [7, 11) is 1.62. The normalized spacial score (nSPS) is 10.6. The highest BCUT2D eigenvalue weighted by atomic mass is 32.2. The summed E-state index contributed by atoms with van der Waals surface area (Å²) in [5, 5.41) is 3.07. The Morgan fingerprint density at radius 1 is 0.737 bits per heavy atom. The summed E-state index contributed by atoms with van der Waals surface area (Å²) in [4.78, 5) is 15.3. The van der Waals surface area contributed by atoms with Crippen molar-refractivity contribution in [3.8, 4) is 22.6 Å². The highest BCUT2D eigenvalue weighted by Crippen LogP contribution is 2.33. The van der Waals surface area contributed by atoms with Gasteiger partial charge in [0.15, 0.2) is 0 Å². The Morgan fingerprint density at radius 3 is 2.13 bits per heavy atom. The number of carbonyl (C=O) groups is 1. The summed E-state index contributed by atoms with van der Waals surface area (Å²) in [6, 6.07) is 41.5. The molecule has 5 rings (SSSR count). The predicted molar refractivity (Wildman–Crippen MR) is 154 cm³/mol. The van der Waals surface area contributed by atoms with Crippen LogP contribution in [0.15, 0.2) is 137 Å². The first kappa shape index (κ1) is 25.2. The van der Waals surface area contributed by atoms with Crippen LogP contribution in [0.3, 0.4) is 0 Å². The van der Waals surface area contributed by atoms with Crippen molar-refractivity contribution in [3.63, 3.8) is 0 Å². The smallest absolute Gasteiger partial charge is 0.255 e. The first-order chi connectivity index (χ1) is 18.7. The molecule has 38 heavy (non-hydrogen) atoms. The van der Waals surface area contributed by atoms with E-state index in [2.05, 4.69) is 17.4 Å². The Balaban J connectivity index is 1.29. The average Bonchev–Trinajstić information content (AvgIpc) is 2.98. The molecule has 0 saturated heterocycles. The van der Waals surface area contributed by atoms with Crippen molar-refractivity contribution < 1.29 is 14.3 Å². The number of amides is 1. The molecule has 0 atom stereocenters. The fourth-order valence-corrected chi connectivity index (χ4v) is 4.96. The molecule has 4 nitrogen and oxygen atoms in total. The summed E-state index contributed by atoms with van der Waals surface area (Å²) in [5.41, 5.74) is 4.36. The molecule has 0 saturated carbocycles. The molecule has 0 aromatic heterocycles. The molecule has 1 N–H and O–H groups in total. The van der Waals surface area contributed by atoms with Crippen LogP contribution in [0.5, 0.6) is 11.5 Å². The molecule has 0 unspecified atom stereocenters. The molecule has 0 spiro atoms. The molecule has 5 heteroatoms. The van der Waals surface area contributed by atoms with Crippen molar-refractivity contribution in [3.05, 3.63) is 139 Å². The van der Waals surface area contributed by atoms with E-state index in [1.165, 1.54) is 0 Å². The minimum absolute atomic E-state index is 0.192. The van der Waals surface area contributed by atoms with Gasteiger partial charge in [0.1, 0.15) is 18.1 Å². The number of anilines is 1. The Morgan fingerprint density at radius 2 is 1.39 bits per heavy atom. The van der Waals surface area contributed by atoms with Crippen LogP contribution in [-0.4, -0.2) is 13.0 Å². The molecule has 5 aromatic rings. The Hall–Kier alpha value is -4.48. The largest absolute Gasteiger partial charge is 0.496 e. The van der Waals surface area contributed by atoms with E-state index < -0.39 is 0 Å². The van der Waals surface area contributed by atoms with Crippen molar-refractivity contribution in [2.45, 2.75) is 16.4 Å². The molecule has 0 aliphatic rings. The molecule has 0 heterocycles. The first-order valence-corrected chi connectivity index (χ1v) is 13.1. The zero-order chi connectivity index (χ0) is 26.2. The molecule has 188 valence electrons. The minimum atomic E-state index is -0.192. The number of carbonyl (C=O) groups excluding carboxylic acids is 1. The number of methoxy groups -OCH3 is 1. The topological polar surface area (TPSA) is 47.6 Å². The molecular weight excluding hydrogens is 490 g/mol. The van der Waals surface area contributed by atoms with E-state index in [4.69, 9.17) is 9.47 Å². The van der Waals surface area contributed by atoms with Crippen molar-refractivity contribution in [2.75, 3.05) is 12.4 Å². The SMILES string of the molecule is COc1ccc(C(=O)Nc2ccccc2Sc2ccccc2)cc1COc1ccc(-c2ccccc2)cc1. The summed E-state index contributed by atoms with van der Waals surface area (Å²) in [5.74, 6) is 1.22. The Bertz CT molecular complexity index is 1500. The van der Waals surface area contributed by atoms with Gasteiger partial charge in [-0.1, -0.05) is 84.6 Å². The minimum Gasteiger partial charge on any atom is -0.496 e. The fourth-order valence-electron chi connectivity index (χ4n) is 4.04. The van der Waals surface area contributed by atoms with E-state index in [0.717, 1.165) is 37.9 Å². The predicted octanol–water partition coefficient (Wildman–Crippen LogP) is 8.34. The third-order valence-electron chi connectivity index (χ3n) is 6.00. The monoisotopic (exact) mass is 517 g/mol. The molecule has 0 radical (unpaired) electrons. The maximum absolute atomic E-state index is 13.2. The molecule has 5 aromatic carbocycles. The van der Waals surface area contributed by atoms with Crippen LogP contribution in [0.2, 0.25) is 0 Å². The fraction of sp³-hybridized carbons (Fsp3) is 0.0606. The maximum atomic E-state index is 13.2. The maximum Gasteiger partial charge on any atom is 0.255 e. The number of benzene rings is 5. The van der Waals surface area contributed by atoms with Gasteiger partial charge in [-0.05, 0) is 65.7 Å². The Kier molecular flexibility index (Phi) is 8.07. The Labute approximate surface area is 227 Å². The molecule has 0 bridgehead atoms.